The summed E-state index contributed by atoms with van der Waals surface area (Å²) < 4.78 is 2.37. The van der Waals surface area contributed by atoms with Crippen molar-refractivity contribution in [3.05, 3.63) is 53.4 Å². The number of fused-ring (bicyclic) bond motifs is 4. The third-order valence-electron chi connectivity index (χ3n) is 5.94. The summed E-state index contributed by atoms with van der Waals surface area (Å²) in [4.78, 5) is 16.2. The zero-order valence-electron chi connectivity index (χ0n) is 14.6. The molecule has 0 N–H and O–H groups in total. The molecule has 2 aliphatic rings. The van der Waals surface area contributed by atoms with Gasteiger partial charge in [0.1, 0.15) is 6.33 Å². The van der Waals surface area contributed by atoms with Crippen LogP contribution in [0.3, 0.4) is 0 Å². The van der Waals surface area contributed by atoms with Crippen molar-refractivity contribution in [1.29, 1.82) is 0 Å². The van der Waals surface area contributed by atoms with E-state index >= 15 is 0 Å². The molecular weight excluding hydrogens is 310 g/mol. The second-order valence-corrected chi connectivity index (χ2v) is 7.33. The van der Waals surface area contributed by atoms with Crippen molar-refractivity contribution in [1.82, 2.24) is 24.4 Å². The summed E-state index contributed by atoms with van der Waals surface area (Å²) in [7, 11) is 2.20. The highest BCUT2D eigenvalue weighted by Crippen LogP contribution is 2.35. The zero-order chi connectivity index (χ0) is 16.8. The van der Waals surface area contributed by atoms with Crippen LogP contribution >= 0.6 is 0 Å². The van der Waals surface area contributed by atoms with Gasteiger partial charge in [-0.2, -0.15) is 0 Å². The highest BCUT2D eigenvalue weighted by Gasteiger charge is 2.33. The summed E-state index contributed by atoms with van der Waals surface area (Å²) in [5.41, 5.74) is 7.72. The summed E-state index contributed by atoms with van der Waals surface area (Å²) in [5, 5.41) is 0. The molecule has 0 aromatic carbocycles. The lowest BCUT2D eigenvalue weighted by Gasteiger charge is -2.30. The van der Waals surface area contributed by atoms with E-state index in [-0.39, 0.29) is 0 Å². The molecular formula is C20H23N5. The van der Waals surface area contributed by atoms with Crippen LogP contribution in [0.25, 0.3) is 11.0 Å². The zero-order valence-corrected chi connectivity index (χ0v) is 14.6. The topological polar surface area (TPSA) is 46.8 Å². The molecule has 5 heteroatoms. The van der Waals surface area contributed by atoms with Crippen LogP contribution in [0.15, 0.2) is 30.9 Å². The first kappa shape index (κ1) is 15.0. The lowest BCUT2D eigenvalue weighted by Crippen LogP contribution is -2.35. The van der Waals surface area contributed by atoms with Gasteiger partial charge in [0, 0.05) is 49.7 Å². The molecule has 5 nitrogen and oxygen atoms in total. The van der Waals surface area contributed by atoms with Gasteiger partial charge in [-0.3, -0.25) is 9.88 Å². The number of pyridine rings is 1. The largest absolute Gasteiger partial charge is 0.344 e. The first-order chi connectivity index (χ1) is 12.3. The Kier molecular flexibility index (Phi) is 3.55. The Morgan fingerprint density at radius 2 is 2.20 bits per heavy atom. The average molecular weight is 333 g/mol. The minimum atomic E-state index is 0.724. The Hall–Kier alpha value is -2.27. The molecule has 0 radical (unpaired) electrons. The van der Waals surface area contributed by atoms with E-state index in [9.17, 15) is 0 Å². The van der Waals surface area contributed by atoms with E-state index in [2.05, 4.69) is 37.5 Å². The number of hydrogen-bond acceptors (Lipinski definition) is 4. The minimum absolute atomic E-state index is 0.724. The monoisotopic (exact) mass is 333 g/mol. The number of rotatable bonds is 3. The Bertz CT molecular complexity index is 915. The fourth-order valence-electron chi connectivity index (χ4n) is 4.64. The molecule has 0 aliphatic carbocycles. The van der Waals surface area contributed by atoms with Crippen LogP contribution in [0.2, 0.25) is 0 Å². The molecule has 1 fully saturated rings. The third kappa shape index (κ3) is 2.45. The fourth-order valence-corrected chi connectivity index (χ4v) is 4.64. The van der Waals surface area contributed by atoms with Gasteiger partial charge in [0.2, 0.25) is 0 Å². The van der Waals surface area contributed by atoms with Crippen molar-refractivity contribution in [2.45, 2.75) is 44.7 Å². The van der Waals surface area contributed by atoms with Gasteiger partial charge in [0.15, 0.2) is 0 Å². The molecule has 25 heavy (non-hydrogen) atoms. The van der Waals surface area contributed by atoms with E-state index in [0.29, 0.717) is 0 Å². The minimum Gasteiger partial charge on any atom is -0.344 e. The van der Waals surface area contributed by atoms with Crippen LogP contribution in [0.1, 0.15) is 35.4 Å². The standard InChI is InChI=1S/C20H23N5/c1-24-18-10-15-5-3-9-25(15)12-16(18)19-20(24)17(22-13-23-19)7-6-14-4-2-8-21-11-14/h2,4,8,11,13,15H,3,5-7,9-10,12H2,1H3. The average Bonchev–Trinajstić information content (AvgIpc) is 3.22. The number of aryl methyl sites for hydroxylation is 3. The van der Waals surface area contributed by atoms with Crippen LogP contribution in [0.4, 0.5) is 0 Å². The SMILES string of the molecule is Cn1c2c(c3ncnc(CCc4cccnc4)c31)CN1CCCC1C2. The summed E-state index contributed by atoms with van der Waals surface area (Å²) in [6.07, 6.45) is 11.2. The summed E-state index contributed by atoms with van der Waals surface area (Å²) >= 11 is 0. The molecule has 5 rings (SSSR count). The molecule has 1 atom stereocenters. The summed E-state index contributed by atoms with van der Waals surface area (Å²) in [6.45, 7) is 2.29. The maximum absolute atomic E-state index is 4.67. The Labute approximate surface area is 147 Å². The molecule has 0 saturated carbocycles. The van der Waals surface area contributed by atoms with Gasteiger partial charge in [0.05, 0.1) is 16.7 Å². The van der Waals surface area contributed by atoms with E-state index in [4.69, 9.17) is 0 Å². The van der Waals surface area contributed by atoms with Crippen LogP contribution in [-0.2, 0) is 32.9 Å². The molecule has 2 aliphatic heterocycles. The van der Waals surface area contributed by atoms with Crippen LogP contribution in [0.5, 0.6) is 0 Å². The van der Waals surface area contributed by atoms with Crippen LogP contribution in [0, 0.1) is 0 Å². The van der Waals surface area contributed by atoms with Gasteiger partial charge >= 0.3 is 0 Å². The smallest absolute Gasteiger partial charge is 0.116 e. The van der Waals surface area contributed by atoms with Crippen molar-refractivity contribution < 1.29 is 0 Å². The predicted molar refractivity (Wildman–Crippen MR) is 97.3 cm³/mol. The first-order valence-electron chi connectivity index (χ1n) is 9.24. The molecule has 0 amide bonds. The van der Waals surface area contributed by atoms with Crippen molar-refractivity contribution >= 4 is 11.0 Å². The van der Waals surface area contributed by atoms with Gasteiger partial charge in [0.25, 0.3) is 0 Å². The van der Waals surface area contributed by atoms with Crippen molar-refractivity contribution in [2.24, 2.45) is 7.05 Å². The molecule has 1 saturated heterocycles. The second kappa shape index (κ2) is 5.92. The molecule has 3 aromatic rings. The van der Waals surface area contributed by atoms with E-state index in [1.807, 2.05) is 18.5 Å². The molecule has 5 heterocycles. The Morgan fingerprint density at radius 3 is 3.08 bits per heavy atom. The molecule has 0 spiro atoms. The quantitative estimate of drug-likeness (QED) is 0.739. The first-order valence-corrected chi connectivity index (χ1v) is 9.24. The Balaban J connectivity index is 1.53. The van der Waals surface area contributed by atoms with Gasteiger partial charge in [-0.15, -0.1) is 0 Å². The van der Waals surface area contributed by atoms with Crippen LogP contribution < -0.4 is 0 Å². The number of nitrogens with zero attached hydrogens (tertiary/aromatic N) is 5. The van der Waals surface area contributed by atoms with Gasteiger partial charge in [-0.25, -0.2) is 9.97 Å². The highest BCUT2D eigenvalue weighted by molar-refractivity contribution is 5.83. The van der Waals surface area contributed by atoms with Gasteiger partial charge in [-0.1, -0.05) is 6.07 Å². The highest BCUT2D eigenvalue weighted by atomic mass is 15.2. The second-order valence-electron chi connectivity index (χ2n) is 7.33. The normalized spacial score (nSPS) is 20.0. The van der Waals surface area contributed by atoms with E-state index in [1.165, 1.54) is 47.2 Å². The van der Waals surface area contributed by atoms with E-state index in [1.54, 1.807) is 6.33 Å². The van der Waals surface area contributed by atoms with E-state index < -0.39 is 0 Å². The summed E-state index contributed by atoms with van der Waals surface area (Å²) in [6, 6.07) is 4.86. The predicted octanol–water partition coefficient (Wildman–Crippen LogP) is 2.67. The van der Waals surface area contributed by atoms with Crippen LogP contribution in [-0.4, -0.2) is 37.0 Å². The number of aromatic nitrogens is 4. The maximum Gasteiger partial charge on any atom is 0.116 e. The fraction of sp³-hybridized carbons (Fsp3) is 0.450. The molecule has 128 valence electrons. The lowest BCUT2D eigenvalue weighted by molar-refractivity contribution is 0.225. The Morgan fingerprint density at radius 1 is 1.24 bits per heavy atom. The molecule has 3 aromatic heterocycles. The molecule has 1 unspecified atom stereocenters. The lowest BCUT2D eigenvalue weighted by atomic mass is 10.0. The third-order valence-corrected chi connectivity index (χ3v) is 5.94. The van der Waals surface area contributed by atoms with Crippen molar-refractivity contribution in [3.63, 3.8) is 0 Å². The summed E-state index contributed by atoms with van der Waals surface area (Å²) in [5.74, 6) is 0. The number of hydrogen-bond donors (Lipinski definition) is 0. The van der Waals surface area contributed by atoms with E-state index in [0.717, 1.165) is 37.5 Å². The van der Waals surface area contributed by atoms with Gasteiger partial charge < -0.3 is 4.57 Å². The van der Waals surface area contributed by atoms with Gasteiger partial charge in [-0.05, 0) is 43.9 Å². The molecule has 0 bridgehead atoms. The van der Waals surface area contributed by atoms with Crippen molar-refractivity contribution in [3.8, 4) is 0 Å². The van der Waals surface area contributed by atoms with Crippen molar-refractivity contribution in [2.75, 3.05) is 6.54 Å². The maximum atomic E-state index is 4.67.